The molecule has 1 saturated carbocycles. The molecule has 0 atom stereocenters. The summed E-state index contributed by atoms with van der Waals surface area (Å²) in [6.45, 7) is 9.62. The van der Waals surface area contributed by atoms with Gasteiger partial charge >= 0.3 is 0 Å². The highest BCUT2D eigenvalue weighted by Crippen LogP contribution is 2.32. The second-order valence-electron chi connectivity index (χ2n) is 8.29. The summed E-state index contributed by atoms with van der Waals surface area (Å²) in [7, 11) is 0. The molecule has 0 aromatic heterocycles. The second-order valence-corrected chi connectivity index (χ2v) is 8.29. The summed E-state index contributed by atoms with van der Waals surface area (Å²) >= 11 is 0. The Bertz CT molecular complexity index is 560. The molecule has 1 aliphatic carbocycles. The first-order valence-corrected chi connectivity index (χ1v) is 8.78. The van der Waals surface area contributed by atoms with Gasteiger partial charge in [0, 0.05) is 5.56 Å². The number of carbonyl (C=O) groups excluding carboxylic acids is 1. The van der Waals surface area contributed by atoms with Gasteiger partial charge in [-0.1, -0.05) is 43.5 Å². The highest BCUT2D eigenvalue weighted by Gasteiger charge is 2.37. The predicted molar refractivity (Wildman–Crippen MR) is 93.8 cm³/mol. The Balaban J connectivity index is 2.11. The number of ketones is 1. The Labute approximate surface area is 145 Å². The number of hydrogen-bond donors (Lipinski definition) is 1. The van der Waals surface area contributed by atoms with Crippen LogP contribution in [0.4, 0.5) is 0 Å². The Morgan fingerprint density at radius 3 is 2.00 bits per heavy atom. The summed E-state index contributed by atoms with van der Waals surface area (Å²) in [6.07, 6.45) is 4.02. The van der Waals surface area contributed by atoms with Gasteiger partial charge < -0.3 is 5.11 Å². The molecule has 0 unspecified atom stereocenters. The topological polar surface area (TPSA) is 55.8 Å². The van der Waals surface area contributed by atoms with E-state index in [9.17, 15) is 9.90 Å². The lowest BCUT2D eigenvalue weighted by atomic mass is 9.79. The van der Waals surface area contributed by atoms with Crippen LogP contribution in [0.15, 0.2) is 24.3 Å². The number of benzene rings is 1. The molecule has 0 amide bonds. The molecular formula is C20H30O4. The summed E-state index contributed by atoms with van der Waals surface area (Å²) in [4.78, 5) is 23.6. The lowest BCUT2D eigenvalue weighted by molar-refractivity contribution is -0.401. The molecule has 0 spiro atoms. The minimum absolute atomic E-state index is 0.168. The molecule has 24 heavy (non-hydrogen) atoms. The number of rotatable bonds is 5. The molecule has 1 aromatic carbocycles. The standard InChI is InChI=1S/C20H30O4/c1-18(2,3)23-24-19(4,5)16-11-9-15(10-12-16)17(21)20(22)13-7-6-8-14-20/h9-12,22H,6-8,13-14H2,1-5H3. The highest BCUT2D eigenvalue weighted by molar-refractivity contribution is 6.02. The van der Waals surface area contributed by atoms with Gasteiger partial charge in [0.2, 0.25) is 0 Å². The molecule has 1 aromatic rings. The predicted octanol–water partition coefficient (Wildman–Crippen LogP) is 4.55. The largest absolute Gasteiger partial charge is 0.382 e. The number of aliphatic hydroxyl groups is 1. The highest BCUT2D eigenvalue weighted by atomic mass is 17.2. The van der Waals surface area contributed by atoms with Crippen molar-refractivity contribution in [3.05, 3.63) is 35.4 Å². The second kappa shape index (κ2) is 6.95. The van der Waals surface area contributed by atoms with Crippen LogP contribution >= 0.6 is 0 Å². The average molecular weight is 334 g/mol. The van der Waals surface area contributed by atoms with E-state index in [4.69, 9.17) is 9.78 Å². The molecule has 1 aliphatic rings. The van der Waals surface area contributed by atoms with E-state index in [0.29, 0.717) is 18.4 Å². The van der Waals surface area contributed by atoms with Gasteiger partial charge in [0.05, 0.1) is 5.60 Å². The van der Waals surface area contributed by atoms with Gasteiger partial charge in [-0.25, -0.2) is 9.78 Å². The van der Waals surface area contributed by atoms with E-state index in [-0.39, 0.29) is 5.78 Å². The maximum Gasteiger partial charge on any atom is 0.194 e. The van der Waals surface area contributed by atoms with Gasteiger partial charge in [0.1, 0.15) is 11.2 Å². The minimum atomic E-state index is -1.19. The van der Waals surface area contributed by atoms with Crippen molar-refractivity contribution in [2.24, 2.45) is 0 Å². The van der Waals surface area contributed by atoms with E-state index in [1.807, 2.05) is 46.8 Å². The van der Waals surface area contributed by atoms with Crippen LogP contribution in [0, 0.1) is 0 Å². The van der Waals surface area contributed by atoms with Crippen LogP contribution in [0.5, 0.6) is 0 Å². The smallest absolute Gasteiger partial charge is 0.194 e. The van der Waals surface area contributed by atoms with Crippen LogP contribution in [0.2, 0.25) is 0 Å². The molecule has 0 bridgehead atoms. The van der Waals surface area contributed by atoms with Gasteiger partial charge in [-0.2, -0.15) is 0 Å². The molecule has 0 radical (unpaired) electrons. The SMILES string of the molecule is CC(C)(C)OOC(C)(C)c1ccc(C(=O)C2(O)CCCCC2)cc1. The van der Waals surface area contributed by atoms with Gasteiger partial charge in [0.25, 0.3) is 0 Å². The lowest BCUT2D eigenvalue weighted by Crippen LogP contribution is -2.40. The molecule has 1 N–H and O–H groups in total. The van der Waals surface area contributed by atoms with E-state index in [1.54, 1.807) is 12.1 Å². The summed E-state index contributed by atoms with van der Waals surface area (Å²) in [5.41, 5.74) is -0.746. The molecule has 134 valence electrons. The summed E-state index contributed by atoms with van der Waals surface area (Å²) in [6, 6.07) is 7.27. The van der Waals surface area contributed by atoms with Crippen molar-refractivity contribution < 1.29 is 19.7 Å². The normalized spacial score (nSPS) is 18.4. The van der Waals surface area contributed by atoms with Crippen molar-refractivity contribution in [3.63, 3.8) is 0 Å². The van der Waals surface area contributed by atoms with Crippen molar-refractivity contribution in [2.45, 2.75) is 83.5 Å². The Hall–Kier alpha value is -1.23. The molecule has 0 heterocycles. The fourth-order valence-electron chi connectivity index (χ4n) is 2.93. The van der Waals surface area contributed by atoms with Gasteiger partial charge in [-0.3, -0.25) is 4.79 Å². The van der Waals surface area contributed by atoms with Crippen molar-refractivity contribution >= 4 is 5.78 Å². The van der Waals surface area contributed by atoms with Crippen molar-refractivity contribution in [3.8, 4) is 0 Å². The third kappa shape index (κ3) is 4.65. The first-order valence-electron chi connectivity index (χ1n) is 8.78. The van der Waals surface area contributed by atoms with Gasteiger partial charge in [-0.05, 0) is 53.0 Å². The third-order valence-corrected chi connectivity index (χ3v) is 4.45. The van der Waals surface area contributed by atoms with E-state index in [0.717, 1.165) is 24.8 Å². The lowest BCUT2D eigenvalue weighted by Gasteiger charge is -2.31. The first kappa shape index (κ1) is 19.1. The quantitative estimate of drug-likeness (QED) is 0.488. The third-order valence-electron chi connectivity index (χ3n) is 4.45. The van der Waals surface area contributed by atoms with Crippen molar-refractivity contribution in [2.75, 3.05) is 0 Å². The number of hydrogen-bond acceptors (Lipinski definition) is 4. The monoisotopic (exact) mass is 334 g/mol. The molecule has 4 nitrogen and oxygen atoms in total. The van der Waals surface area contributed by atoms with Crippen LogP contribution in [0.3, 0.4) is 0 Å². The molecular weight excluding hydrogens is 304 g/mol. The molecule has 1 fully saturated rings. The van der Waals surface area contributed by atoms with Crippen LogP contribution in [-0.2, 0) is 15.4 Å². The molecule has 0 aliphatic heterocycles. The zero-order chi connectivity index (χ0) is 18.0. The molecule has 4 heteroatoms. The van der Waals surface area contributed by atoms with Crippen LogP contribution in [-0.4, -0.2) is 22.1 Å². The minimum Gasteiger partial charge on any atom is -0.382 e. The first-order chi connectivity index (χ1) is 11.0. The average Bonchev–Trinajstić information content (AvgIpc) is 2.53. The van der Waals surface area contributed by atoms with Gasteiger partial charge in [-0.15, -0.1) is 0 Å². The van der Waals surface area contributed by atoms with E-state index >= 15 is 0 Å². The zero-order valence-electron chi connectivity index (χ0n) is 15.5. The zero-order valence-corrected chi connectivity index (χ0v) is 15.5. The fraction of sp³-hybridized carbons (Fsp3) is 0.650. The van der Waals surface area contributed by atoms with Crippen molar-refractivity contribution in [1.29, 1.82) is 0 Å². The van der Waals surface area contributed by atoms with Crippen LogP contribution in [0.1, 0.15) is 82.6 Å². The summed E-state index contributed by atoms with van der Waals surface area (Å²) in [5, 5.41) is 10.6. The van der Waals surface area contributed by atoms with E-state index in [2.05, 4.69) is 0 Å². The Morgan fingerprint density at radius 2 is 1.50 bits per heavy atom. The fourth-order valence-corrected chi connectivity index (χ4v) is 2.93. The van der Waals surface area contributed by atoms with E-state index in [1.165, 1.54) is 0 Å². The van der Waals surface area contributed by atoms with Crippen molar-refractivity contribution in [1.82, 2.24) is 0 Å². The summed E-state index contributed by atoms with van der Waals surface area (Å²) < 4.78 is 0. The number of carbonyl (C=O) groups is 1. The maximum atomic E-state index is 12.6. The Morgan fingerprint density at radius 1 is 0.958 bits per heavy atom. The van der Waals surface area contributed by atoms with Crippen LogP contribution < -0.4 is 0 Å². The van der Waals surface area contributed by atoms with E-state index < -0.39 is 16.8 Å². The molecule has 0 saturated heterocycles. The maximum absolute atomic E-state index is 12.6. The van der Waals surface area contributed by atoms with Gasteiger partial charge in [0.15, 0.2) is 5.78 Å². The summed E-state index contributed by atoms with van der Waals surface area (Å²) in [5.74, 6) is -0.168. The number of Topliss-reactive ketones (excluding diaryl/α,β-unsaturated/α-hetero) is 1. The Kier molecular flexibility index (Phi) is 5.53. The molecule has 2 rings (SSSR count). The van der Waals surface area contributed by atoms with Crippen LogP contribution in [0.25, 0.3) is 0 Å².